The number of aliphatic carboxylic acids is 1. The molecule has 1 saturated carbocycles. The van der Waals surface area contributed by atoms with E-state index in [0.717, 1.165) is 36.3 Å². The van der Waals surface area contributed by atoms with Crippen molar-refractivity contribution in [2.75, 3.05) is 5.32 Å². The third kappa shape index (κ3) is 4.87. The van der Waals surface area contributed by atoms with E-state index in [2.05, 4.69) is 58.8 Å². The summed E-state index contributed by atoms with van der Waals surface area (Å²) in [6.07, 6.45) is 7.14. The summed E-state index contributed by atoms with van der Waals surface area (Å²) in [5.74, 6) is 0.303. The number of carbonyl (C=O) groups is 1. The summed E-state index contributed by atoms with van der Waals surface area (Å²) >= 11 is 6.19. The summed E-state index contributed by atoms with van der Waals surface area (Å²) in [6, 6.07) is 28.4. The molecule has 3 aromatic carbocycles. The molecule has 0 amide bonds. The van der Waals surface area contributed by atoms with E-state index in [1.807, 2.05) is 24.3 Å². The van der Waals surface area contributed by atoms with Crippen LogP contribution in [-0.2, 0) is 23.2 Å². The highest BCUT2D eigenvalue weighted by Crippen LogP contribution is 2.58. The number of nitrogens with zero attached hydrogens (tertiary/aromatic N) is 1. The van der Waals surface area contributed by atoms with Gasteiger partial charge in [-0.1, -0.05) is 54.1 Å². The van der Waals surface area contributed by atoms with Crippen LogP contribution in [-0.4, -0.2) is 21.6 Å². The predicted octanol–water partition coefficient (Wildman–Crippen LogP) is 7.40. The topological polar surface area (TPSA) is 71.5 Å². The van der Waals surface area contributed by atoms with Gasteiger partial charge < -0.3 is 15.2 Å². The van der Waals surface area contributed by atoms with Crippen molar-refractivity contribution in [2.45, 2.75) is 55.6 Å². The Labute approximate surface area is 233 Å². The zero-order valence-electron chi connectivity index (χ0n) is 21.6. The van der Waals surface area contributed by atoms with Gasteiger partial charge in [-0.15, -0.1) is 0 Å². The Morgan fingerprint density at radius 1 is 0.949 bits per heavy atom. The number of benzene rings is 3. The number of anilines is 1. The summed E-state index contributed by atoms with van der Waals surface area (Å²) in [4.78, 5) is 16.7. The fourth-order valence-electron chi connectivity index (χ4n) is 6.64. The van der Waals surface area contributed by atoms with Crippen LogP contribution in [0.1, 0.15) is 53.9 Å². The lowest BCUT2D eigenvalue weighted by Crippen LogP contribution is -2.52. The highest BCUT2D eigenvalue weighted by atomic mass is 35.5. The Bertz CT molecular complexity index is 1460. The molecule has 6 rings (SSSR count). The van der Waals surface area contributed by atoms with Crippen LogP contribution in [0.2, 0.25) is 5.02 Å². The standard InChI is InChI=1S/C33H31ClN2O3/c34-26-5-3-6-27(21-26)36-33(31(37)38)16-14-32(15-17-33)29-7-2-1-4-25(29)20-30(32)24-8-10-28(11-9-24)39-22-23-12-18-35-19-13-23/h1-13,18-19,21,30,36H,14-17,20,22H2,(H,37,38). The second-order valence-corrected chi connectivity index (χ2v) is 11.2. The van der Waals surface area contributed by atoms with Crippen LogP contribution in [0.25, 0.3) is 0 Å². The van der Waals surface area contributed by atoms with Gasteiger partial charge in [0.1, 0.15) is 17.9 Å². The molecule has 198 valence electrons. The summed E-state index contributed by atoms with van der Waals surface area (Å²) in [6.45, 7) is 0.498. The average Bonchev–Trinajstić information content (AvgIpc) is 3.28. The Hall–Kier alpha value is -3.83. The number of aromatic nitrogens is 1. The first kappa shape index (κ1) is 25.4. The number of halogens is 1. The minimum atomic E-state index is -1.03. The van der Waals surface area contributed by atoms with Gasteiger partial charge in [0.25, 0.3) is 0 Å². The number of carboxylic acid groups (broad SMARTS) is 1. The number of hydrogen-bond acceptors (Lipinski definition) is 4. The van der Waals surface area contributed by atoms with E-state index >= 15 is 0 Å². The van der Waals surface area contributed by atoms with Gasteiger partial charge in [-0.05, 0) is 103 Å². The van der Waals surface area contributed by atoms with Gasteiger partial charge in [0, 0.05) is 28.5 Å². The molecule has 2 N–H and O–H groups in total. The maximum absolute atomic E-state index is 12.7. The minimum Gasteiger partial charge on any atom is -0.489 e. The number of carboxylic acids is 1. The van der Waals surface area contributed by atoms with E-state index < -0.39 is 11.5 Å². The molecule has 0 aliphatic heterocycles. The molecule has 1 atom stereocenters. The molecule has 0 saturated heterocycles. The van der Waals surface area contributed by atoms with E-state index in [4.69, 9.17) is 16.3 Å². The van der Waals surface area contributed by atoms with Crippen molar-refractivity contribution in [1.29, 1.82) is 0 Å². The van der Waals surface area contributed by atoms with Crippen LogP contribution in [0.5, 0.6) is 5.75 Å². The molecular formula is C33H31ClN2O3. The lowest BCUT2D eigenvalue weighted by molar-refractivity contribution is -0.144. The molecule has 1 unspecified atom stereocenters. The molecule has 6 heteroatoms. The first-order valence-corrected chi connectivity index (χ1v) is 13.8. The highest BCUT2D eigenvalue weighted by Gasteiger charge is 2.54. The molecule has 1 fully saturated rings. The van der Waals surface area contributed by atoms with E-state index in [1.165, 1.54) is 16.7 Å². The Balaban J connectivity index is 1.25. The highest BCUT2D eigenvalue weighted by molar-refractivity contribution is 6.30. The molecule has 39 heavy (non-hydrogen) atoms. The molecule has 2 aliphatic carbocycles. The molecule has 5 nitrogen and oxygen atoms in total. The van der Waals surface area contributed by atoms with Gasteiger partial charge in [-0.25, -0.2) is 4.79 Å². The molecule has 0 radical (unpaired) electrons. The summed E-state index contributed by atoms with van der Waals surface area (Å²) in [5.41, 5.74) is 4.70. The normalized spacial score (nSPS) is 23.8. The van der Waals surface area contributed by atoms with Crippen LogP contribution in [0.3, 0.4) is 0 Å². The van der Waals surface area contributed by atoms with Crippen molar-refractivity contribution in [1.82, 2.24) is 4.98 Å². The maximum atomic E-state index is 12.7. The summed E-state index contributed by atoms with van der Waals surface area (Å²) in [7, 11) is 0. The lowest BCUT2D eigenvalue weighted by Gasteiger charge is -2.47. The number of pyridine rings is 1. The molecule has 2 aliphatic rings. The third-order valence-corrected chi connectivity index (χ3v) is 8.93. The Kier molecular flexibility index (Phi) is 6.78. The van der Waals surface area contributed by atoms with E-state index in [-0.39, 0.29) is 11.3 Å². The predicted molar refractivity (Wildman–Crippen MR) is 153 cm³/mol. The number of fused-ring (bicyclic) bond motifs is 2. The zero-order valence-corrected chi connectivity index (χ0v) is 22.4. The smallest absolute Gasteiger partial charge is 0.329 e. The number of ether oxygens (including phenoxy) is 1. The van der Waals surface area contributed by atoms with Crippen molar-refractivity contribution in [3.63, 3.8) is 0 Å². The van der Waals surface area contributed by atoms with Crippen molar-refractivity contribution in [3.8, 4) is 5.75 Å². The van der Waals surface area contributed by atoms with Crippen LogP contribution < -0.4 is 10.1 Å². The average molecular weight is 539 g/mol. The molecule has 1 spiro atoms. The molecule has 4 aromatic rings. The number of rotatable bonds is 7. The number of hydrogen-bond donors (Lipinski definition) is 2. The molecule has 1 aromatic heterocycles. The monoisotopic (exact) mass is 538 g/mol. The first-order valence-electron chi connectivity index (χ1n) is 13.4. The van der Waals surface area contributed by atoms with Crippen LogP contribution in [0.15, 0.2) is 97.3 Å². The molecule has 0 bridgehead atoms. The van der Waals surface area contributed by atoms with Crippen molar-refractivity contribution >= 4 is 23.3 Å². The van der Waals surface area contributed by atoms with Gasteiger partial charge in [0.05, 0.1) is 0 Å². The van der Waals surface area contributed by atoms with E-state index in [1.54, 1.807) is 24.5 Å². The van der Waals surface area contributed by atoms with Gasteiger partial charge in [0.15, 0.2) is 0 Å². The van der Waals surface area contributed by atoms with E-state index in [9.17, 15) is 9.90 Å². The first-order chi connectivity index (χ1) is 19.0. The maximum Gasteiger partial charge on any atom is 0.329 e. The van der Waals surface area contributed by atoms with Gasteiger partial charge in [-0.3, -0.25) is 4.98 Å². The van der Waals surface area contributed by atoms with Crippen LogP contribution >= 0.6 is 11.6 Å². The summed E-state index contributed by atoms with van der Waals surface area (Å²) < 4.78 is 6.02. The van der Waals surface area contributed by atoms with Crippen molar-refractivity contribution < 1.29 is 14.6 Å². The van der Waals surface area contributed by atoms with Crippen LogP contribution in [0.4, 0.5) is 5.69 Å². The van der Waals surface area contributed by atoms with Crippen molar-refractivity contribution in [3.05, 3.63) is 125 Å². The van der Waals surface area contributed by atoms with Crippen molar-refractivity contribution in [2.24, 2.45) is 0 Å². The second-order valence-electron chi connectivity index (χ2n) is 10.8. The Morgan fingerprint density at radius 3 is 2.41 bits per heavy atom. The van der Waals surface area contributed by atoms with Gasteiger partial charge in [0.2, 0.25) is 0 Å². The van der Waals surface area contributed by atoms with Crippen LogP contribution in [0, 0.1) is 0 Å². The summed E-state index contributed by atoms with van der Waals surface area (Å²) in [5, 5.41) is 14.3. The van der Waals surface area contributed by atoms with E-state index in [0.29, 0.717) is 24.5 Å². The fourth-order valence-corrected chi connectivity index (χ4v) is 6.83. The zero-order chi connectivity index (χ0) is 26.9. The lowest BCUT2D eigenvalue weighted by atomic mass is 9.59. The SMILES string of the molecule is O=C(O)C1(Nc2cccc(Cl)c2)CCC2(CC1)c1ccccc1CC2c1ccc(OCc2ccncc2)cc1. The van der Waals surface area contributed by atoms with Gasteiger partial charge >= 0.3 is 5.97 Å². The third-order valence-electron chi connectivity index (χ3n) is 8.70. The van der Waals surface area contributed by atoms with Gasteiger partial charge in [-0.2, -0.15) is 0 Å². The molecular weight excluding hydrogens is 508 g/mol. The fraction of sp³-hybridized carbons (Fsp3) is 0.273. The minimum absolute atomic E-state index is 0.106. The Morgan fingerprint density at radius 2 is 1.69 bits per heavy atom. The quantitative estimate of drug-likeness (QED) is 0.256. The molecule has 1 heterocycles. The largest absolute Gasteiger partial charge is 0.489 e. The number of nitrogens with one attached hydrogen (secondary N) is 1. The second kappa shape index (κ2) is 10.4.